The van der Waals surface area contributed by atoms with E-state index in [0.717, 1.165) is 57.5 Å². The molecule has 2 aromatic carbocycles. The monoisotopic (exact) mass is 469 g/mol. The number of amides is 2. The first-order valence-electron chi connectivity index (χ1n) is 11.8. The molecule has 2 aliphatic rings. The number of anilines is 1. The van der Waals surface area contributed by atoms with Crippen LogP contribution in [0.2, 0.25) is 5.02 Å². The lowest BCUT2D eigenvalue weighted by Gasteiger charge is -2.41. The van der Waals surface area contributed by atoms with E-state index in [4.69, 9.17) is 16.3 Å². The molecule has 0 unspecified atom stereocenters. The van der Waals surface area contributed by atoms with Crippen LogP contribution in [0.25, 0.3) is 0 Å². The molecular formula is C26H32ClN3O3. The Morgan fingerprint density at radius 2 is 1.58 bits per heavy atom. The second-order valence-electron chi connectivity index (χ2n) is 9.02. The molecule has 4 rings (SSSR count). The summed E-state index contributed by atoms with van der Waals surface area (Å²) in [7, 11) is 0. The Hall–Kier alpha value is -2.57. The first kappa shape index (κ1) is 23.6. The minimum atomic E-state index is 0.0230. The van der Waals surface area contributed by atoms with E-state index in [1.165, 1.54) is 5.56 Å². The number of benzene rings is 2. The molecular weight excluding hydrogens is 438 g/mol. The molecule has 2 amide bonds. The number of carbonyl (C=O) groups is 2. The lowest BCUT2D eigenvalue weighted by molar-refractivity contribution is -0.135. The molecule has 6 nitrogen and oxygen atoms in total. The smallest absolute Gasteiger partial charge is 0.260 e. The molecule has 0 radical (unpaired) electrons. The average molecular weight is 470 g/mol. The molecule has 7 heteroatoms. The van der Waals surface area contributed by atoms with Gasteiger partial charge in [-0.2, -0.15) is 0 Å². The first-order chi connectivity index (χ1) is 16.0. The van der Waals surface area contributed by atoms with E-state index in [0.29, 0.717) is 16.8 Å². The third kappa shape index (κ3) is 6.49. The maximum absolute atomic E-state index is 12.6. The molecule has 0 saturated carbocycles. The zero-order valence-corrected chi connectivity index (χ0v) is 19.9. The summed E-state index contributed by atoms with van der Waals surface area (Å²) in [5, 5.41) is 3.70. The second kappa shape index (κ2) is 11.0. The molecule has 0 aromatic heterocycles. The van der Waals surface area contributed by atoms with E-state index >= 15 is 0 Å². The molecule has 33 heavy (non-hydrogen) atoms. The third-order valence-corrected chi connectivity index (χ3v) is 6.98. The maximum Gasteiger partial charge on any atom is 0.260 e. The highest BCUT2D eigenvalue weighted by Crippen LogP contribution is 2.25. The average Bonchev–Trinajstić information content (AvgIpc) is 2.85. The molecule has 0 aliphatic carbocycles. The summed E-state index contributed by atoms with van der Waals surface area (Å²) in [5.74, 6) is 0.862. The van der Waals surface area contributed by atoms with Gasteiger partial charge in [-0.1, -0.05) is 29.3 Å². The van der Waals surface area contributed by atoms with E-state index in [9.17, 15) is 9.59 Å². The highest BCUT2D eigenvalue weighted by Gasteiger charge is 2.31. The van der Waals surface area contributed by atoms with Crippen molar-refractivity contribution in [3.63, 3.8) is 0 Å². The Kier molecular flexibility index (Phi) is 7.89. The predicted octanol–water partition coefficient (Wildman–Crippen LogP) is 4.37. The van der Waals surface area contributed by atoms with Gasteiger partial charge in [0.2, 0.25) is 5.91 Å². The van der Waals surface area contributed by atoms with Crippen molar-refractivity contribution in [3.8, 4) is 5.75 Å². The van der Waals surface area contributed by atoms with E-state index in [1.54, 1.807) is 24.3 Å². The highest BCUT2D eigenvalue weighted by molar-refractivity contribution is 6.30. The molecule has 2 heterocycles. The van der Waals surface area contributed by atoms with Crippen LogP contribution in [0.1, 0.15) is 31.2 Å². The van der Waals surface area contributed by atoms with Crippen LogP contribution < -0.4 is 10.1 Å². The standard InChI is InChI=1S/C26H32ClN3O3/c1-19-2-6-22(7-3-19)28-26(32)20-10-14-29(15-11-20)23-12-16-30(17-13-23)25(31)18-33-24-8-4-21(27)5-9-24/h2-9,20,23H,10-18H2,1H3,(H,28,32). The van der Waals surface area contributed by atoms with Crippen LogP contribution >= 0.6 is 11.6 Å². The number of likely N-dealkylation sites (tertiary alicyclic amines) is 2. The molecule has 2 fully saturated rings. The SMILES string of the molecule is Cc1ccc(NC(=O)C2CCN(C3CCN(C(=O)COc4ccc(Cl)cc4)CC3)CC2)cc1. The van der Waals surface area contributed by atoms with Gasteiger partial charge in [0.25, 0.3) is 5.91 Å². The number of halogens is 1. The van der Waals surface area contributed by atoms with Gasteiger partial charge in [-0.25, -0.2) is 0 Å². The Morgan fingerprint density at radius 3 is 2.21 bits per heavy atom. The van der Waals surface area contributed by atoms with Gasteiger partial charge >= 0.3 is 0 Å². The summed E-state index contributed by atoms with van der Waals surface area (Å²) in [5.41, 5.74) is 2.05. The van der Waals surface area contributed by atoms with Gasteiger partial charge in [0.15, 0.2) is 6.61 Å². The Morgan fingerprint density at radius 1 is 0.939 bits per heavy atom. The van der Waals surface area contributed by atoms with Crippen molar-refractivity contribution in [2.75, 3.05) is 38.1 Å². The van der Waals surface area contributed by atoms with Gasteiger partial charge in [-0.15, -0.1) is 0 Å². The third-order valence-electron chi connectivity index (χ3n) is 6.73. The first-order valence-corrected chi connectivity index (χ1v) is 12.1. The molecule has 0 bridgehead atoms. The van der Waals surface area contributed by atoms with Crippen molar-refractivity contribution in [2.45, 2.75) is 38.6 Å². The Balaban J connectivity index is 1.17. The van der Waals surface area contributed by atoms with E-state index in [2.05, 4.69) is 10.2 Å². The van der Waals surface area contributed by atoms with E-state index in [1.807, 2.05) is 36.1 Å². The summed E-state index contributed by atoms with van der Waals surface area (Å²) in [6.45, 7) is 5.46. The van der Waals surface area contributed by atoms with Crippen molar-refractivity contribution in [2.24, 2.45) is 5.92 Å². The van der Waals surface area contributed by atoms with Gasteiger partial charge in [-0.05, 0) is 82.1 Å². The van der Waals surface area contributed by atoms with Crippen LogP contribution in [0.4, 0.5) is 5.69 Å². The van der Waals surface area contributed by atoms with Crippen molar-refractivity contribution < 1.29 is 14.3 Å². The Bertz CT molecular complexity index is 932. The minimum absolute atomic E-state index is 0.0230. The number of ether oxygens (including phenoxy) is 1. The van der Waals surface area contributed by atoms with Crippen molar-refractivity contribution in [1.29, 1.82) is 0 Å². The number of rotatable bonds is 6. The fourth-order valence-corrected chi connectivity index (χ4v) is 4.78. The zero-order valence-electron chi connectivity index (χ0n) is 19.1. The number of nitrogens with one attached hydrogen (secondary N) is 1. The predicted molar refractivity (Wildman–Crippen MR) is 131 cm³/mol. The van der Waals surface area contributed by atoms with Crippen LogP contribution in [-0.4, -0.2) is 60.4 Å². The lowest BCUT2D eigenvalue weighted by Crippen LogP contribution is -2.50. The number of hydrogen-bond donors (Lipinski definition) is 1. The van der Waals surface area contributed by atoms with Crippen molar-refractivity contribution >= 4 is 29.1 Å². The van der Waals surface area contributed by atoms with Crippen LogP contribution in [0.15, 0.2) is 48.5 Å². The summed E-state index contributed by atoms with van der Waals surface area (Å²) in [6, 6.07) is 15.5. The quantitative estimate of drug-likeness (QED) is 0.682. The number of carbonyl (C=O) groups excluding carboxylic acids is 2. The van der Waals surface area contributed by atoms with E-state index in [-0.39, 0.29) is 24.3 Å². The maximum atomic E-state index is 12.6. The highest BCUT2D eigenvalue weighted by atomic mass is 35.5. The molecule has 1 N–H and O–H groups in total. The molecule has 2 aromatic rings. The van der Waals surface area contributed by atoms with E-state index < -0.39 is 0 Å². The van der Waals surface area contributed by atoms with Gasteiger partial charge in [0.05, 0.1) is 0 Å². The number of aryl methyl sites for hydroxylation is 1. The number of nitrogens with zero attached hydrogens (tertiary/aromatic N) is 2. The molecule has 2 saturated heterocycles. The molecule has 0 spiro atoms. The normalized spacial score (nSPS) is 18.2. The van der Waals surface area contributed by atoms with Gasteiger partial charge in [0, 0.05) is 35.8 Å². The summed E-state index contributed by atoms with van der Waals surface area (Å²) >= 11 is 5.88. The fourth-order valence-electron chi connectivity index (χ4n) is 4.66. The Labute approximate surface area is 200 Å². The molecule has 176 valence electrons. The largest absolute Gasteiger partial charge is 0.484 e. The summed E-state index contributed by atoms with van der Waals surface area (Å²) < 4.78 is 5.60. The van der Waals surface area contributed by atoms with Crippen LogP contribution in [0, 0.1) is 12.8 Å². The zero-order chi connectivity index (χ0) is 23.2. The van der Waals surface area contributed by atoms with Crippen molar-refractivity contribution in [1.82, 2.24) is 9.80 Å². The fraction of sp³-hybridized carbons (Fsp3) is 0.462. The number of piperidine rings is 2. The van der Waals surface area contributed by atoms with Gasteiger partial charge in [-0.3, -0.25) is 9.59 Å². The molecule has 0 atom stereocenters. The molecule has 2 aliphatic heterocycles. The summed E-state index contributed by atoms with van der Waals surface area (Å²) in [6.07, 6.45) is 3.69. The second-order valence-corrected chi connectivity index (χ2v) is 9.46. The van der Waals surface area contributed by atoms with Crippen molar-refractivity contribution in [3.05, 3.63) is 59.1 Å². The van der Waals surface area contributed by atoms with Gasteiger partial charge < -0.3 is 19.9 Å². The van der Waals surface area contributed by atoms with Gasteiger partial charge in [0.1, 0.15) is 5.75 Å². The van der Waals surface area contributed by atoms with Crippen LogP contribution in [0.5, 0.6) is 5.75 Å². The van der Waals surface area contributed by atoms with Crippen LogP contribution in [-0.2, 0) is 9.59 Å². The topological polar surface area (TPSA) is 61.9 Å². The van der Waals surface area contributed by atoms with Crippen LogP contribution in [0.3, 0.4) is 0 Å². The minimum Gasteiger partial charge on any atom is -0.484 e. The lowest BCUT2D eigenvalue weighted by atomic mass is 9.92. The summed E-state index contributed by atoms with van der Waals surface area (Å²) in [4.78, 5) is 29.6. The number of hydrogen-bond acceptors (Lipinski definition) is 4.